The van der Waals surface area contributed by atoms with Gasteiger partial charge in [0, 0.05) is 44.1 Å². The average Bonchev–Trinajstić information content (AvgIpc) is 3.73. The Balaban J connectivity index is 1.32. The fourth-order valence-electron chi connectivity index (χ4n) is 11.4. The van der Waals surface area contributed by atoms with E-state index in [0.29, 0.717) is 0 Å². The molecule has 0 fully saturated rings. The summed E-state index contributed by atoms with van der Waals surface area (Å²) in [5, 5.41) is 5.54. The van der Waals surface area contributed by atoms with E-state index in [-0.39, 0.29) is 28.4 Å². The summed E-state index contributed by atoms with van der Waals surface area (Å²) in [6.45, 7) is 36.9. The smallest absolute Gasteiger partial charge is 0.262 e. The molecule has 332 valence electrons. The van der Waals surface area contributed by atoms with Gasteiger partial charge >= 0.3 is 0 Å². The number of aryl methyl sites for hydroxylation is 1. The van der Waals surface area contributed by atoms with E-state index in [9.17, 15) is 0 Å². The van der Waals surface area contributed by atoms with Crippen LogP contribution in [0.3, 0.4) is 0 Å². The lowest BCUT2D eigenvalue weighted by atomic mass is 9.36. The van der Waals surface area contributed by atoms with E-state index >= 15 is 0 Å². The Labute approximate surface area is 393 Å². The largest absolute Gasteiger partial charge is 0.360 e. The molecule has 0 bridgehead atoms. The van der Waals surface area contributed by atoms with E-state index in [2.05, 4.69) is 230 Å². The van der Waals surface area contributed by atoms with Crippen molar-refractivity contribution < 1.29 is 4.74 Å². The zero-order chi connectivity index (χ0) is 46.6. The molecule has 3 aliphatic rings. The van der Waals surface area contributed by atoms with Crippen LogP contribution < -0.4 is 25.9 Å². The first-order valence-electron chi connectivity index (χ1n) is 23.8. The number of rotatable bonds is 4. The van der Waals surface area contributed by atoms with Gasteiger partial charge in [0.1, 0.15) is 0 Å². The molecule has 3 heterocycles. The first-order valence-corrected chi connectivity index (χ1v) is 24.6. The number of nitrogens with zero attached hydrogens (tertiary/aromatic N) is 1. The zero-order valence-electron chi connectivity index (χ0n) is 41.7. The molecular weight excluding hydrogens is 808 g/mol. The normalized spacial score (nSPS) is 16.9. The third-order valence-electron chi connectivity index (χ3n) is 15.0. The van der Waals surface area contributed by atoms with Gasteiger partial charge in [-0.1, -0.05) is 137 Å². The number of ether oxygens (including phenoxy) is 1. The Kier molecular flexibility index (Phi) is 9.57. The molecule has 1 N–H and O–H groups in total. The van der Waals surface area contributed by atoms with Gasteiger partial charge in [0.25, 0.3) is 6.71 Å². The van der Waals surface area contributed by atoms with Crippen LogP contribution in [0.4, 0.5) is 28.4 Å². The van der Waals surface area contributed by atoms with Crippen molar-refractivity contribution in [3.8, 4) is 11.1 Å². The SMILES string of the molecule is Cc1c(B2c3cc(C(C)(C)C)ccc3N(c3ccc(C(C)(C)C)cc3)c3cc4c(c(Nc5ccc(C(C)(C)C)cc5)c32)C(C)(C)OC4(C)C)sc2cc3c(cc12)-c1ccccc1C3(C)C. The van der Waals surface area contributed by atoms with E-state index in [1.54, 1.807) is 0 Å². The molecule has 65 heavy (non-hydrogen) atoms. The number of benzene rings is 6. The van der Waals surface area contributed by atoms with Crippen molar-refractivity contribution in [2.75, 3.05) is 10.2 Å². The van der Waals surface area contributed by atoms with Crippen LogP contribution in [0, 0.1) is 6.92 Å². The topological polar surface area (TPSA) is 24.5 Å². The lowest BCUT2D eigenvalue weighted by molar-refractivity contribution is -0.104. The maximum Gasteiger partial charge on any atom is 0.262 e. The van der Waals surface area contributed by atoms with Gasteiger partial charge in [0.15, 0.2) is 0 Å². The second kappa shape index (κ2) is 14.2. The van der Waals surface area contributed by atoms with Gasteiger partial charge in [-0.2, -0.15) is 0 Å². The summed E-state index contributed by atoms with van der Waals surface area (Å²) >= 11 is 1.99. The van der Waals surface area contributed by atoms with Crippen LogP contribution in [0.25, 0.3) is 21.2 Å². The predicted molar refractivity (Wildman–Crippen MR) is 283 cm³/mol. The van der Waals surface area contributed by atoms with Gasteiger partial charge in [-0.05, 0) is 171 Å². The number of hydrogen-bond acceptors (Lipinski definition) is 4. The molecular formula is C60H67BN2OS. The summed E-state index contributed by atoms with van der Waals surface area (Å²) < 4.78 is 9.90. The molecule has 3 nitrogen and oxygen atoms in total. The number of nitrogens with one attached hydrogen (secondary N) is 1. The van der Waals surface area contributed by atoms with Crippen molar-refractivity contribution in [3.63, 3.8) is 0 Å². The fraction of sp³-hybridized carbons (Fsp3) is 0.367. The Hall–Kier alpha value is -5.10. The van der Waals surface area contributed by atoms with Crippen molar-refractivity contribution in [3.05, 3.63) is 154 Å². The molecule has 0 amide bonds. The van der Waals surface area contributed by atoms with E-state index in [1.807, 2.05) is 11.3 Å². The van der Waals surface area contributed by atoms with Crippen LogP contribution in [-0.2, 0) is 37.6 Å². The van der Waals surface area contributed by atoms with Gasteiger partial charge in [-0.15, -0.1) is 11.3 Å². The number of hydrogen-bond donors (Lipinski definition) is 1. The van der Waals surface area contributed by atoms with Crippen LogP contribution in [0.1, 0.15) is 148 Å². The third-order valence-corrected chi connectivity index (χ3v) is 16.4. The summed E-state index contributed by atoms with van der Waals surface area (Å²) in [5.74, 6) is 0. The first-order chi connectivity index (χ1) is 30.3. The van der Waals surface area contributed by atoms with E-state index in [4.69, 9.17) is 4.74 Å². The molecule has 10 rings (SSSR count). The second-order valence-corrected chi connectivity index (χ2v) is 25.0. The molecule has 5 heteroatoms. The molecule has 0 unspecified atom stereocenters. The highest BCUT2D eigenvalue weighted by atomic mass is 32.1. The molecule has 1 aliphatic carbocycles. The van der Waals surface area contributed by atoms with E-state index in [0.717, 1.165) is 17.1 Å². The van der Waals surface area contributed by atoms with Crippen LogP contribution in [0.15, 0.2) is 109 Å². The molecule has 0 atom stereocenters. The zero-order valence-corrected chi connectivity index (χ0v) is 42.5. The monoisotopic (exact) mass is 875 g/mol. The van der Waals surface area contributed by atoms with Crippen LogP contribution in [0.2, 0.25) is 0 Å². The molecule has 2 aliphatic heterocycles. The third kappa shape index (κ3) is 6.85. The number of thiophene rings is 1. The standard InChI is InChI=1S/C60H67BN2OS/c1-35-42-32-43-41-19-17-18-20-44(41)58(11,12)45(43)34-50(42)65-54(35)61-47-31-38(57(8,9)10)25-30-48(47)63(40-28-23-37(24-29-40)56(5,6)7)49-33-46-51(60(15,16)64-59(46,13)14)53(52(49)61)62-39-26-21-36(22-27-39)55(2,3)4/h17-34,62H,1-16H3. The van der Waals surface area contributed by atoms with Gasteiger partial charge in [-0.3, -0.25) is 0 Å². The van der Waals surface area contributed by atoms with Crippen LogP contribution in [0.5, 0.6) is 0 Å². The molecule has 1 aromatic heterocycles. The highest BCUT2D eigenvalue weighted by molar-refractivity contribution is 7.32. The predicted octanol–water partition coefficient (Wildman–Crippen LogP) is 15.0. The minimum Gasteiger partial charge on any atom is -0.360 e. The highest BCUT2D eigenvalue weighted by Crippen LogP contribution is 2.54. The van der Waals surface area contributed by atoms with Gasteiger partial charge < -0.3 is 15.0 Å². The molecule has 0 saturated carbocycles. The van der Waals surface area contributed by atoms with Crippen molar-refractivity contribution in [1.29, 1.82) is 0 Å². The Bertz CT molecular complexity index is 3070. The van der Waals surface area contributed by atoms with Crippen molar-refractivity contribution in [1.82, 2.24) is 0 Å². The highest BCUT2D eigenvalue weighted by Gasteiger charge is 2.50. The molecule has 0 saturated heterocycles. The quantitative estimate of drug-likeness (QED) is 0.178. The summed E-state index contributed by atoms with van der Waals surface area (Å²) in [4.78, 5) is 2.56. The lowest BCUT2D eigenvalue weighted by Gasteiger charge is -2.40. The molecule has 0 spiro atoms. The van der Waals surface area contributed by atoms with Crippen molar-refractivity contribution >= 4 is 72.3 Å². The van der Waals surface area contributed by atoms with E-state index < -0.39 is 11.2 Å². The van der Waals surface area contributed by atoms with Gasteiger partial charge in [-0.25, -0.2) is 0 Å². The van der Waals surface area contributed by atoms with E-state index in [1.165, 1.54) is 92.8 Å². The Morgan fingerprint density at radius 2 is 1.18 bits per heavy atom. The summed E-state index contributed by atoms with van der Waals surface area (Å²) in [5.41, 5.74) is 20.7. The van der Waals surface area contributed by atoms with Crippen molar-refractivity contribution in [2.24, 2.45) is 0 Å². The number of anilines is 5. The minimum absolute atomic E-state index is 0.0343. The van der Waals surface area contributed by atoms with Crippen LogP contribution >= 0.6 is 11.3 Å². The van der Waals surface area contributed by atoms with Crippen LogP contribution in [-0.4, -0.2) is 6.71 Å². The molecule has 0 radical (unpaired) electrons. The maximum atomic E-state index is 7.15. The maximum absolute atomic E-state index is 7.15. The van der Waals surface area contributed by atoms with Crippen molar-refractivity contribution in [2.45, 2.75) is 144 Å². The van der Waals surface area contributed by atoms with Gasteiger partial charge in [0.2, 0.25) is 0 Å². The minimum atomic E-state index is -0.562. The Morgan fingerprint density at radius 1 is 0.585 bits per heavy atom. The Morgan fingerprint density at radius 3 is 1.82 bits per heavy atom. The fourth-order valence-corrected chi connectivity index (χ4v) is 12.8. The summed E-state index contributed by atoms with van der Waals surface area (Å²) in [7, 11) is 0. The molecule has 6 aromatic carbocycles. The average molecular weight is 875 g/mol. The number of fused-ring (bicyclic) bond motifs is 7. The second-order valence-electron chi connectivity index (χ2n) is 23.9. The summed E-state index contributed by atoms with van der Waals surface area (Å²) in [6, 6.07) is 42.4. The first kappa shape index (κ1) is 43.8. The molecule has 7 aromatic rings. The lowest BCUT2D eigenvalue weighted by Crippen LogP contribution is -2.58. The van der Waals surface area contributed by atoms with Gasteiger partial charge in [0.05, 0.1) is 11.2 Å². The summed E-state index contributed by atoms with van der Waals surface area (Å²) in [6.07, 6.45) is 0.